The lowest BCUT2D eigenvalue weighted by molar-refractivity contribution is 0.0697. The molecule has 3 heterocycles. The summed E-state index contributed by atoms with van der Waals surface area (Å²) in [6.45, 7) is 4.89. The van der Waals surface area contributed by atoms with E-state index in [0.717, 1.165) is 38.2 Å². The van der Waals surface area contributed by atoms with Crippen molar-refractivity contribution < 1.29 is 19.0 Å². The summed E-state index contributed by atoms with van der Waals surface area (Å²) in [4.78, 5) is 16.0. The number of rotatable bonds is 5. The molecule has 0 amide bonds. The standard InChI is InChI=1S/C19H23FN4O.C7H6O2/c1-13-9-18(25-2)17(16-3-6-21-19(13)16)12-23-7-4-15(5-8-23)24-11-14(20)10-22-24;8-7(9)6-4-2-1-3-5-6/h3,6,9-11,15,21H,4-5,7-8,12H2,1-2H3;1-5H,(H,8,9). The van der Waals surface area contributed by atoms with Crippen molar-refractivity contribution in [2.75, 3.05) is 20.2 Å². The smallest absolute Gasteiger partial charge is 0.335 e. The van der Waals surface area contributed by atoms with Crippen LogP contribution in [0.4, 0.5) is 4.39 Å². The lowest BCUT2D eigenvalue weighted by atomic mass is 10.0. The molecule has 1 fully saturated rings. The van der Waals surface area contributed by atoms with Gasteiger partial charge in [0.1, 0.15) is 5.75 Å². The Morgan fingerprint density at radius 3 is 2.56 bits per heavy atom. The van der Waals surface area contributed by atoms with E-state index in [9.17, 15) is 9.18 Å². The average Bonchev–Trinajstić information content (AvgIpc) is 3.52. The lowest BCUT2D eigenvalue weighted by Gasteiger charge is -2.32. The molecule has 4 aromatic rings. The number of likely N-dealkylation sites (tertiary alicyclic amines) is 1. The second-order valence-electron chi connectivity index (χ2n) is 8.46. The van der Waals surface area contributed by atoms with Gasteiger partial charge in [0.25, 0.3) is 0 Å². The molecule has 0 atom stereocenters. The van der Waals surface area contributed by atoms with Crippen molar-refractivity contribution in [3.05, 3.63) is 83.6 Å². The molecule has 178 valence electrons. The quantitative estimate of drug-likeness (QED) is 0.432. The molecule has 34 heavy (non-hydrogen) atoms. The molecule has 0 radical (unpaired) electrons. The number of benzene rings is 2. The molecule has 0 saturated carbocycles. The zero-order valence-corrected chi connectivity index (χ0v) is 19.4. The van der Waals surface area contributed by atoms with Crippen molar-refractivity contribution in [2.45, 2.75) is 32.4 Å². The monoisotopic (exact) mass is 464 g/mol. The third-order valence-corrected chi connectivity index (χ3v) is 6.24. The number of aryl methyl sites for hydroxylation is 1. The van der Waals surface area contributed by atoms with Gasteiger partial charge in [-0.1, -0.05) is 18.2 Å². The van der Waals surface area contributed by atoms with Crippen LogP contribution in [-0.2, 0) is 6.54 Å². The van der Waals surface area contributed by atoms with Gasteiger partial charge in [0.05, 0.1) is 31.1 Å². The number of nitrogens with zero attached hydrogens (tertiary/aromatic N) is 3. The highest BCUT2D eigenvalue weighted by Gasteiger charge is 2.23. The highest BCUT2D eigenvalue weighted by Crippen LogP contribution is 2.33. The van der Waals surface area contributed by atoms with Gasteiger partial charge in [-0.15, -0.1) is 0 Å². The molecule has 8 heteroatoms. The molecule has 2 aromatic heterocycles. The minimum Gasteiger partial charge on any atom is -0.496 e. The summed E-state index contributed by atoms with van der Waals surface area (Å²) in [5.74, 6) is -0.196. The highest BCUT2D eigenvalue weighted by atomic mass is 19.1. The van der Waals surface area contributed by atoms with Gasteiger partial charge in [-0.25, -0.2) is 9.18 Å². The molecular formula is C26H29FN4O3. The van der Waals surface area contributed by atoms with Gasteiger partial charge in [-0.3, -0.25) is 9.58 Å². The van der Waals surface area contributed by atoms with Crippen LogP contribution in [0.2, 0.25) is 0 Å². The number of ether oxygens (including phenoxy) is 1. The van der Waals surface area contributed by atoms with E-state index in [1.807, 2.05) is 6.20 Å². The average molecular weight is 465 g/mol. The first-order valence-corrected chi connectivity index (χ1v) is 11.3. The minimum atomic E-state index is -0.879. The Kier molecular flexibility index (Phi) is 7.27. The zero-order chi connectivity index (χ0) is 24.1. The number of hydrogen-bond acceptors (Lipinski definition) is 4. The number of fused-ring (bicyclic) bond motifs is 1. The van der Waals surface area contributed by atoms with Crippen LogP contribution in [0.5, 0.6) is 5.75 Å². The number of aromatic nitrogens is 3. The Balaban J connectivity index is 0.000000257. The molecule has 0 unspecified atom stereocenters. The SMILES string of the molecule is COc1cc(C)c2[nH]ccc2c1CN1CCC(n2cc(F)cn2)CC1.O=C(O)c1ccccc1. The van der Waals surface area contributed by atoms with Crippen molar-refractivity contribution in [3.63, 3.8) is 0 Å². The zero-order valence-electron chi connectivity index (χ0n) is 19.4. The third-order valence-electron chi connectivity index (χ3n) is 6.24. The normalized spacial score (nSPS) is 14.6. The summed E-state index contributed by atoms with van der Waals surface area (Å²) in [5.41, 5.74) is 3.93. The van der Waals surface area contributed by atoms with Crippen molar-refractivity contribution in [1.82, 2.24) is 19.7 Å². The highest BCUT2D eigenvalue weighted by molar-refractivity contribution is 5.88. The van der Waals surface area contributed by atoms with Crippen LogP contribution in [0.3, 0.4) is 0 Å². The Labute approximate surface area is 197 Å². The Morgan fingerprint density at radius 1 is 1.24 bits per heavy atom. The van der Waals surface area contributed by atoms with Crippen molar-refractivity contribution in [1.29, 1.82) is 0 Å². The van der Waals surface area contributed by atoms with E-state index in [4.69, 9.17) is 9.84 Å². The number of hydrogen-bond donors (Lipinski definition) is 2. The molecule has 1 aliphatic heterocycles. The predicted molar refractivity (Wildman–Crippen MR) is 129 cm³/mol. The second kappa shape index (κ2) is 10.5. The summed E-state index contributed by atoms with van der Waals surface area (Å²) < 4.78 is 20.6. The van der Waals surface area contributed by atoms with E-state index in [-0.39, 0.29) is 11.9 Å². The van der Waals surface area contributed by atoms with Crippen LogP contribution in [0.15, 0.2) is 61.1 Å². The van der Waals surface area contributed by atoms with E-state index in [2.05, 4.69) is 34.0 Å². The molecular weight excluding hydrogens is 435 g/mol. The summed E-state index contributed by atoms with van der Waals surface area (Å²) >= 11 is 0. The van der Waals surface area contributed by atoms with Crippen molar-refractivity contribution >= 4 is 16.9 Å². The maximum absolute atomic E-state index is 13.2. The first-order chi connectivity index (χ1) is 16.5. The van der Waals surface area contributed by atoms with Crippen LogP contribution in [-0.4, -0.2) is 50.9 Å². The molecule has 1 saturated heterocycles. The lowest BCUT2D eigenvalue weighted by Crippen LogP contribution is -2.34. The van der Waals surface area contributed by atoms with Crippen molar-refractivity contribution in [2.24, 2.45) is 0 Å². The van der Waals surface area contributed by atoms with E-state index in [0.29, 0.717) is 5.56 Å². The Morgan fingerprint density at radius 2 is 1.97 bits per heavy atom. The summed E-state index contributed by atoms with van der Waals surface area (Å²) in [5, 5.41) is 13.7. The number of piperidine rings is 1. The number of carbonyl (C=O) groups is 1. The first-order valence-electron chi connectivity index (χ1n) is 11.3. The van der Waals surface area contributed by atoms with Crippen LogP contribution >= 0.6 is 0 Å². The van der Waals surface area contributed by atoms with Crippen LogP contribution in [0.1, 0.15) is 40.4 Å². The van der Waals surface area contributed by atoms with E-state index < -0.39 is 5.97 Å². The fourth-order valence-electron chi connectivity index (χ4n) is 4.44. The summed E-state index contributed by atoms with van der Waals surface area (Å²) in [6.07, 6.45) is 6.72. The van der Waals surface area contributed by atoms with Gasteiger partial charge >= 0.3 is 5.97 Å². The molecule has 1 aliphatic rings. The topological polar surface area (TPSA) is 83.4 Å². The van der Waals surface area contributed by atoms with E-state index in [1.165, 1.54) is 34.4 Å². The molecule has 5 rings (SSSR count). The Bertz CT molecular complexity index is 1240. The second-order valence-corrected chi connectivity index (χ2v) is 8.46. The number of H-pyrrole nitrogens is 1. The minimum absolute atomic E-state index is 0.262. The maximum atomic E-state index is 13.2. The van der Waals surface area contributed by atoms with Crippen LogP contribution < -0.4 is 4.74 Å². The molecule has 2 N–H and O–H groups in total. The summed E-state index contributed by atoms with van der Waals surface area (Å²) in [7, 11) is 1.73. The number of methoxy groups -OCH3 is 1. The predicted octanol–water partition coefficient (Wildman–Crippen LogP) is 5.04. The Hall–Kier alpha value is -3.65. The van der Waals surface area contributed by atoms with Gasteiger partial charge in [-0.2, -0.15) is 5.10 Å². The molecule has 2 aromatic carbocycles. The maximum Gasteiger partial charge on any atom is 0.335 e. The number of carboxylic acids is 1. The molecule has 0 aliphatic carbocycles. The third kappa shape index (κ3) is 5.28. The van der Waals surface area contributed by atoms with Gasteiger partial charge in [-0.05, 0) is 49.6 Å². The fourth-order valence-corrected chi connectivity index (χ4v) is 4.44. The first kappa shape index (κ1) is 23.5. The number of carboxylic acid groups (broad SMARTS) is 1. The molecule has 7 nitrogen and oxygen atoms in total. The summed E-state index contributed by atoms with van der Waals surface area (Å²) in [6, 6.07) is 12.8. The van der Waals surface area contributed by atoms with E-state index in [1.54, 1.807) is 42.1 Å². The number of halogens is 1. The van der Waals surface area contributed by atoms with E-state index >= 15 is 0 Å². The van der Waals surface area contributed by atoms with Crippen LogP contribution in [0, 0.1) is 12.7 Å². The van der Waals surface area contributed by atoms with Crippen LogP contribution in [0.25, 0.3) is 10.9 Å². The van der Waals surface area contributed by atoms with Gasteiger partial charge in [0.15, 0.2) is 5.82 Å². The number of aromatic amines is 1. The number of nitrogens with one attached hydrogen (secondary N) is 1. The van der Waals surface area contributed by atoms with Gasteiger partial charge < -0.3 is 14.8 Å². The largest absolute Gasteiger partial charge is 0.496 e. The van der Waals surface area contributed by atoms with Gasteiger partial charge in [0.2, 0.25) is 0 Å². The van der Waals surface area contributed by atoms with Gasteiger partial charge in [0, 0.05) is 42.3 Å². The fraction of sp³-hybridized carbons (Fsp3) is 0.308. The number of aromatic carboxylic acids is 1. The molecule has 0 spiro atoms. The van der Waals surface area contributed by atoms with Crippen molar-refractivity contribution in [3.8, 4) is 5.75 Å². The molecule has 0 bridgehead atoms.